The summed E-state index contributed by atoms with van der Waals surface area (Å²) in [6.45, 7) is 3.68. The van der Waals surface area contributed by atoms with Gasteiger partial charge in [0.15, 0.2) is 0 Å². The minimum Gasteiger partial charge on any atom is -0.416 e. The van der Waals surface area contributed by atoms with E-state index in [0.717, 1.165) is 10.7 Å². The first kappa shape index (κ1) is 18.1. The number of benzene rings is 1. The molecular formula is C17H15N5O2S2. The molecule has 1 aromatic carbocycles. The van der Waals surface area contributed by atoms with Crippen LogP contribution in [0.2, 0.25) is 0 Å². The molecule has 0 saturated heterocycles. The first-order valence-corrected chi connectivity index (χ1v) is 9.51. The van der Waals surface area contributed by atoms with E-state index in [2.05, 4.69) is 26.6 Å². The van der Waals surface area contributed by atoms with E-state index in [1.54, 1.807) is 42.5 Å². The summed E-state index contributed by atoms with van der Waals surface area (Å²) in [7, 11) is 0. The maximum atomic E-state index is 12.3. The standard InChI is InChI=1S/C17H15N5O2S2/c1-10(16(23)20-14-6-4-3-5-12(14)8-18)26-17-22-21-15(24-17)7-13-9-25-11(2)19-13/h3-6,9-10H,7H2,1-2H3,(H,20,23)/t10-/m1/s1. The Labute approximate surface area is 158 Å². The predicted octanol–water partition coefficient (Wildman–Crippen LogP) is 3.42. The van der Waals surface area contributed by atoms with Gasteiger partial charge in [-0.2, -0.15) is 5.26 Å². The molecule has 2 heterocycles. The van der Waals surface area contributed by atoms with Crippen molar-refractivity contribution in [3.05, 3.63) is 51.8 Å². The number of hydrogen-bond donors (Lipinski definition) is 1. The van der Waals surface area contributed by atoms with Crippen LogP contribution in [-0.4, -0.2) is 26.3 Å². The Morgan fingerprint density at radius 2 is 2.23 bits per heavy atom. The monoisotopic (exact) mass is 385 g/mol. The highest BCUT2D eigenvalue weighted by Crippen LogP contribution is 2.24. The fourth-order valence-corrected chi connectivity index (χ4v) is 3.44. The van der Waals surface area contributed by atoms with Gasteiger partial charge in [0.25, 0.3) is 5.22 Å². The molecule has 1 N–H and O–H groups in total. The second kappa shape index (κ2) is 8.12. The van der Waals surface area contributed by atoms with Crippen LogP contribution in [0.5, 0.6) is 0 Å². The molecule has 2 aromatic heterocycles. The van der Waals surface area contributed by atoms with Crippen molar-refractivity contribution in [1.82, 2.24) is 15.2 Å². The molecule has 132 valence electrons. The summed E-state index contributed by atoms with van der Waals surface area (Å²) >= 11 is 2.73. The van der Waals surface area contributed by atoms with Crippen LogP contribution in [0, 0.1) is 18.3 Å². The van der Waals surface area contributed by atoms with E-state index in [1.807, 2.05) is 12.3 Å². The topological polar surface area (TPSA) is 105 Å². The molecule has 9 heteroatoms. The normalized spacial score (nSPS) is 11.7. The SMILES string of the molecule is Cc1nc(Cc2nnc(S[C@H](C)C(=O)Nc3ccccc3C#N)o2)cs1. The molecule has 0 spiro atoms. The average molecular weight is 385 g/mol. The zero-order chi connectivity index (χ0) is 18.5. The lowest BCUT2D eigenvalue weighted by Gasteiger charge is -2.10. The predicted molar refractivity (Wildman–Crippen MR) is 99.1 cm³/mol. The molecule has 0 aliphatic rings. The number of hydrogen-bond acceptors (Lipinski definition) is 8. The van der Waals surface area contributed by atoms with Crippen LogP contribution in [-0.2, 0) is 11.2 Å². The Kier molecular flexibility index (Phi) is 5.65. The molecule has 0 bridgehead atoms. The summed E-state index contributed by atoms with van der Waals surface area (Å²) in [6.07, 6.45) is 0.466. The molecule has 3 rings (SSSR count). The van der Waals surface area contributed by atoms with E-state index in [4.69, 9.17) is 9.68 Å². The van der Waals surface area contributed by atoms with E-state index >= 15 is 0 Å². The van der Waals surface area contributed by atoms with Gasteiger partial charge in [-0.05, 0) is 26.0 Å². The van der Waals surface area contributed by atoms with E-state index < -0.39 is 5.25 Å². The minimum absolute atomic E-state index is 0.243. The molecule has 26 heavy (non-hydrogen) atoms. The quantitative estimate of drug-likeness (QED) is 0.648. The Morgan fingerprint density at radius 1 is 1.42 bits per heavy atom. The number of aryl methyl sites for hydroxylation is 1. The maximum Gasteiger partial charge on any atom is 0.277 e. The number of thiazole rings is 1. The van der Waals surface area contributed by atoms with Gasteiger partial charge in [-0.1, -0.05) is 23.9 Å². The first-order chi connectivity index (χ1) is 12.5. The second-order valence-electron chi connectivity index (χ2n) is 5.40. The third-order valence-corrected chi connectivity index (χ3v) is 5.16. The lowest BCUT2D eigenvalue weighted by atomic mass is 10.2. The molecule has 1 atom stereocenters. The molecule has 0 radical (unpaired) electrons. The first-order valence-electron chi connectivity index (χ1n) is 7.75. The molecular weight excluding hydrogens is 370 g/mol. The number of nitrogens with zero attached hydrogens (tertiary/aromatic N) is 4. The molecule has 0 aliphatic heterocycles. The molecule has 0 fully saturated rings. The number of nitrogens with one attached hydrogen (secondary N) is 1. The number of amides is 1. The van der Waals surface area contributed by atoms with Gasteiger partial charge in [0.2, 0.25) is 11.8 Å². The average Bonchev–Trinajstić information content (AvgIpc) is 3.24. The van der Waals surface area contributed by atoms with Gasteiger partial charge in [-0.3, -0.25) is 4.79 Å². The summed E-state index contributed by atoms with van der Waals surface area (Å²) in [6, 6.07) is 8.90. The lowest BCUT2D eigenvalue weighted by molar-refractivity contribution is -0.115. The number of aromatic nitrogens is 3. The summed E-state index contributed by atoms with van der Waals surface area (Å²) in [4.78, 5) is 16.7. The summed E-state index contributed by atoms with van der Waals surface area (Å²) in [5.74, 6) is 0.216. The van der Waals surface area contributed by atoms with Gasteiger partial charge in [0, 0.05) is 5.38 Å². The van der Waals surface area contributed by atoms with Crippen molar-refractivity contribution < 1.29 is 9.21 Å². The van der Waals surface area contributed by atoms with Gasteiger partial charge in [0.05, 0.1) is 33.6 Å². The number of anilines is 1. The number of rotatable bonds is 6. The molecule has 3 aromatic rings. The molecule has 0 unspecified atom stereocenters. The summed E-state index contributed by atoms with van der Waals surface area (Å²) in [5.41, 5.74) is 1.78. The van der Waals surface area contributed by atoms with Gasteiger partial charge >= 0.3 is 0 Å². The van der Waals surface area contributed by atoms with Crippen LogP contribution in [0.15, 0.2) is 39.3 Å². The number of carbonyl (C=O) groups excluding carboxylic acids is 1. The van der Waals surface area contributed by atoms with E-state index in [1.165, 1.54) is 11.8 Å². The van der Waals surface area contributed by atoms with Gasteiger partial charge in [-0.15, -0.1) is 21.5 Å². The van der Waals surface area contributed by atoms with Crippen LogP contribution >= 0.6 is 23.1 Å². The molecule has 0 aliphatic carbocycles. The molecule has 7 nitrogen and oxygen atoms in total. The van der Waals surface area contributed by atoms with Crippen molar-refractivity contribution in [3.63, 3.8) is 0 Å². The number of para-hydroxylation sites is 1. The zero-order valence-corrected chi connectivity index (χ0v) is 15.7. The summed E-state index contributed by atoms with van der Waals surface area (Å²) in [5, 5.41) is 22.6. The minimum atomic E-state index is -0.462. The van der Waals surface area contributed by atoms with Crippen LogP contribution < -0.4 is 5.32 Å². The van der Waals surface area contributed by atoms with Crippen molar-refractivity contribution in [2.24, 2.45) is 0 Å². The number of nitriles is 1. The van der Waals surface area contributed by atoms with Crippen molar-refractivity contribution in [2.45, 2.75) is 30.7 Å². The van der Waals surface area contributed by atoms with Gasteiger partial charge in [-0.25, -0.2) is 4.98 Å². The largest absolute Gasteiger partial charge is 0.416 e. The fourth-order valence-electron chi connectivity index (χ4n) is 2.13. The lowest BCUT2D eigenvalue weighted by Crippen LogP contribution is -2.22. The Bertz CT molecular complexity index is 960. The van der Waals surface area contributed by atoms with Crippen LogP contribution in [0.25, 0.3) is 0 Å². The van der Waals surface area contributed by atoms with Crippen molar-refractivity contribution in [2.75, 3.05) is 5.32 Å². The number of thioether (sulfide) groups is 1. The highest BCUT2D eigenvalue weighted by atomic mass is 32.2. The highest BCUT2D eigenvalue weighted by molar-refractivity contribution is 8.00. The fraction of sp³-hybridized carbons (Fsp3) is 0.235. The van der Waals surface area contributed by atoms with Crippen molar-refractivity contribution >= 4 is 34.7 Å². The van der Waals surface area contributed by atoms with E-state index in [0.29, 0.717) is 28.8 Å². The van der Waals surface area contributed by atoms with Gasteiger partial charge < -0.3 is 9.73 Å². The van der Waals surface area contributed by atoms with Crippen LogP contribution in [0.4, 0.5) is 5.69 Å². The molecule has 1 amide bonds. The highest BCUT2D eigenvalue weighted by Gasteiger charge is 2.19. The smallest absolute Gasteiger partial charge is 0.277 e. The van der Waals surface area contributed by atoms with Crippen LogP contribution in [0.3, 0.4) is 0 Å². The van der Waals surface area contributed by atoms with E-state index in [-0.39, 0.29) is 5.91 Å². The van der Waals surface area contributed by atoms with Crippen LogP contribution in [0.1, 0.15) is 29.1 Å². The Morgan fingerprint density at radius 3 is 2.96 bits per heavy atom. The Balaban J connectivity index is 1.60. The number of carbonyl (C=O) groups is 1. The second-order valence-corrected chi connectivity index (χ2v) is 7.76. The molecule has 0 saturated carbocycles. The summed E-state index contributed by atoms with van der Waals surface area (Å²) < 4.78 is 5.59. The van der Waals surface area contributed by atoms with Gasteiger partial charge in [0.1, 0.15) is 6.07 Å². The zero-order valence-electron chi connectivity index (χ0n) is 14.1. The van der Waals surface area contributed by atoms with E-state index in [9.17, 15) is 4.79 Å². The third-order valence-electron chi connectivity index (χ3n) is 3.40. The maximum absolute atomic E-state index is 12.3. The van der Waals surface area contributed by atoms with Crippen molar-refractivity contribution in [1.29, 1.82) is 5.26 Å². The third kappa shape index (κ3) is 4.47. The van der Waals surface area contributed by atoms with Crippen molar-refractivity contribution in [3.8, 4) is 6.07 Å². The Hall–Kier alpha value is -2.70.